The molecule has 0 radical (unpaired) electrons. The molecule has 0 aliphatic carbocycles. The Labute approximate surface area is 166 Å². The summed E-state index contributed by atoms with van der Waals surface area (Å²) in [6.45, 7) is 4.83. The number of piperazine rings is 1. The van der Waals surface area contributed by atoms with E-state index >= 15 is 0 Å². The van der Waals surface area contributed by atoms with Crippen LogP contribution in [0.2, 0.25) is 0 Å². The number of benzene rings is 2. The van der Waals surface area contributed by atoms with Gasteiger partial charge in [-0.15, -0.1) is 11.3 Å². The summed E-state index contributed by atoms with van der Waals surface area (Å²) in [7, 11) is 0. The lowest BCUT2D eigenvalue weighted by molar-refractivity contribution is -0.384. The minimum Gasteiger partial charge on any atom is -0.336 e. The number of aromatic nitrogens is 1. The molecule has 1 amide bonds. The summed E-state index contributed by atoms with van der Waals surface area (Å²) >= 11 is 1.71. The van der Waals surface area contributed by atoms with Crippen LogP contribution in [0.4, 0.5) is 5.69 Å². The van der Waals surface area contributed by atoms with Gasteiger partial charge in [0, 0.05) is 43.9 Å². The fraction of sp³-hybridized carbons (Fsp3) is 0.300. The number of amides is 1. The van der Waals surface area contributed by atoms with Gasteiger partial charge >= 0.3 is 0 Å². The van der Waals surface area contributed by atoms with Gasteiger partial charge in [0.2, 0.25) is 0 Å². The lowest BCUT2D eigenvalue weighted by atomic mass is 10.1. The van der Waals surface area contributed by atoms with Crippen LogP contribution in [0.5, 0.6) is 0 Å². The Hall–Kier alpha value is -2.84. The first kappa shape index (κ1) is 18.5. The van der Waals surface area contributed by atoms with Gasteiger partial charge in [-0.3, -0.25) is 19.8 Å². The number of nitrogens with zero attached hydrogens (tertiary/aromatic N) is 4. The van der Waals surface area contributed by atoms with E-state index in [-0.39, 0.29) is 17.6 Å². The van der Waals surface area contributed by atoms with Crippen LogP contribution in [0.25, 0.3) is 10.2 Å². The molecule has 1 saturated heterocycles. The Morgan fingerprint density at radius 3 is 2.61 bits per heavy atom. The molecule has 1 aliphatic rings. The summed E-state index contributed by atoms with van der Waals surface area (Å²) in [5.74, 6) is -0.156. The zero-order chi connectivity index (χ0) is 19.7. The summed E-state index contributed by atoms with van der Waals surface area (Å²) in [5, 5.41) is 12.0. The smallest absolute Gasteiger partial charge is 0.270 e. The van der Waals surface area contributed by atoms with Crippen LogP contribution in [0.1, 0.15) is 28.3 Å². The Morgan fingerprint density at radius 1 is 1.14 bits per heavy atom. The summed E-state index contributed by atoms with van der Waals surface area (Å²) in [6, 6.07) is 14.2. The molecule has 4 rings (SSSR count). The summed E-state index contributed by atoms with van der Waals surface area (Å²) in [4.78, 5) is 32.0. The molecule has 0 spiro atoms. The zero-order valence-electron chi connectivity index (χ0n) is 15.4. The fourth-order valence-electron chi connectivity index (χ4n) is 3.47. The lowest BCUT2D eigenvalue weighted by Gasteiger charge is -2.37. The molecule has 0 N–H and O–H groups in total. The standard InChI is InChI=1S/C20H20N4O3S/c1-14(19-21-17-7-2-3-8-18(17)28-19)22-9-11-23(12-10-22)20(25)15-5-4-6-16(13-15)24(26)27/h2-8,13-14H,9-12H2,1H3/t14-/m1/s1. The van der Waals surface area contributed by atoms with Crippen LogP contribution >= 0.6 is 11.3 Å². The first-order valence-corrected chi connectivity index (χ1v) is 9.98. The molecule has 1 aliphatic heterocycles. The van der Waals surface area contributed by atoms with Crippen LogP contribution in [-0.2, 0) is 0 Å². The first-order chi connectivity index (χ1) is 13.5. The van der Waals surface area contributed by atoms with Crippen molar-refractivity contribution in [1.82, 2.24) is 14.8 Å². The second kappa shape index (κ2) is 7.65. The maximum atomic E-state index is 12.7. The van der Waals surface area contributed by atoms with Crippen molar-refractivity contribution >= 4 is 33.1 Å². The number of nitro benzene ring substituents is 1. The van der Waals surface area contributed by atoms with Crippen LogP contribution < -0.4 is 0 Å². The van der Waals surface area contributed by atoms with Gasteiger partial charge in [0.05, 0.1) is 21.2 Å². The fourth-order valence-corrected chi connectivity index (χ4v) is 4.53. The van der Waals surface area contributed by atoms with Gasteiger partial charge < -0.3 is 4.90 Å². The Morgan fingerprint density at radius 2 is 1.89 bits per heavy atom. The third-order valence-electron chi connectivity index (χ3n) is 5.12. The molecule has 1 fully saturated rings. The van der Waals surface area contributed by atoms with Gasteiger partial charge in [-0.1, -0.05) is 18.2 Å². The summed E-state index contributed by atoms with van der Waals surface area (Å²) in [5.41, 5.74) is 1.32. The molecule has 1 atom stereocenters. The average molecular weight is 396 g/mol. The number of fused-ring (bicyclic) bond motifs is 1. The van der Waals surface area contributed by atoms with E-state index in [0.717, 1.165) is 23.6 Å². The summed E-state index contributed by atoms with van der Waals surface area (Å²) < 4.78 is 1.18. The van der Waals surface area contributed by atoms with Gasteiger partial charge in [0.25, 0.3) is 11.6 Å². The monoisotopic (exact) mass is 396 g/mol. The lowest BCUT2D eigenvalue weighted by Crippen LogP contribution is -2.49. The van der Waals surface area contributed by atoms with Gasteiger partial charge in [-0.25, -0.2) is 4.98 Å². The highest BCUT2D eigenvalue weighted by atomic mass is 32.1. The van der Waals surface area contributed by atoms with Crippen molar-refractivity contribution in [2.75, 3.05) is 26.2 Å². The van der Waals surface area contributed by atoms with Crippen LogP contribution in [0.3, 0.4) is 0 Å². The molecule has 1 aromatic heterocycles. The largest absolute Gasteiger partial charge is 0.336 e. The van der Waals surface area contributed by atoms with Crippen LogP contribution in [0.15, 0.2) is 48.5 Å². The van der Waals surface area contributed by atoms with Crippen molar-refractivity contribution in [2.24, 2.45) is 0 Å². The second-order valence-electron chi connectivity index (χ2n) is 6.83. The average Bonchev–Trinajstić information content (AvgIpc) is 3.17. The first-order valence-electron chi connectivity index (χ1n) is 9.16. The minimum atomic E-state index is -0.478. The van der Waals surface area contributed by atoms with E-state index in [1.165, 1.54) is 16.8 Å². The van der Waals surface area contributed by atoms with Crippen molar-refractivity contribution in [3.63, 3.8) is 0 Å². The number of carbonyl (C=O) groups is 1. The quantitative estimate of drug-likeness (QED) is 0.496. The number of para-hydroxylation sites is 1. The molecule has 0 unspecified atom stereocenters. The van der Waals surface area contributed by atoms with Crippen molar-refractivity contribution in [3.05, 3.63) is 69.2 Å². The molecule has 8 heteroatoms. The highest BCUT2D eigenvalue weighted by Gasteiger charge is 2.27. The number of non-ortho nitro benzene ring substituents is 1. The number of hydrogen-bond acceptors (Lipinski definition) is 6. The maximum Gasteiger partial charge on any atom is 0.270 e. The summed E-state index contributed by atoms with van der Waals surface area (Å²) in [6.07, 6.45) is 0. The highest BCUT2D eigenvalue weighted by molar-refractivity contribution is 7.18. The van der Waals surface area contributed by atoms with E-state index in [1.807, 2.05) is 18.2 Å². The predicted octanol–water partition coefficient (Wildman–Crippen LogP) is 3.72. The minimum absolute atomic E-state index is 0.0612. The number of carbonyl (C=O) groups excluding carboxylic acids is 1. The highest BCUT2D eigenvalue weighted by Crippen LogP contribution is 2.30. The third kappa shape index (κ3) is 3.61. The SMILES string of the molecule is C[C@H](c1nc2ccccc2s1)N1CCN(C(=O)c2cccc([N+](=O)[O-])c2)CC1. The molecule has 3 aromatic rings. The molecule has 144 valence electrons. The molecular formula is C20H20N4O3S. The third-order valence-corrected chi connectivity index (χ3v) is 6.33. The molecule has 0 saturated carbocycles. The molecule has 2 aromatic carbocycles. The number of hydrogen-bond donors (Lipinski definition) is 0. The Kier molecular flexibility index (Phi) is 5.06. The topological polar surface area (TPSA) is 79.6 Å². The Bertz CT molecular complexity index is 994. The van der Waals surface area contributed by atoms with Crippen molar-refractivity contribution < 1.29 is 9.72 Å². The molecule has 2 heterocycles. The van der Waals surface area contributed by atoms with Crippen molar-refractivity contribution in [3.8, 4) is 0 Å². The van der Waals surface area contributed by atoms with Crippen molar-refractivity contribution in [1.29, 1.82) is 0 Å². The van der Waals surface area contributed by atoms with E-state index < -0.39 is 4.92 Å². The van der Waals surface area contributed by atoms with Gasteiger partial charge in [0.1, 0.15) is 5.01 Å². The van der Waals surface area contributed by atoms with E-state index in [1.54, 1.807) is 28.4 Å². The van der Waals surface area contributed by atoms with Crippen LogP contribution in [-0.4, -0.2) is 51.8 Å². The molecule has 0 bridgehead atoms. The molecular weight excluding hydrogens is 376 g/mol. The van der Waals surface area contributed by atoms with E-state index in [4.69, 9.17) is 4.98 Å². The number of rotatable bonds is 4. The van der Waals surface area contributed by atoms with Gasteiger partial charge in [-0.05, 0) is 25.1 Å². The number of nitro groups is 1. The zero-order valence-corrected chi connectivity index (χ0v) is 16.3. The molecule has 28 heavy (non-hydrogen) atoms. The van der Waals surface area contributed by atoms with E-state index in [0.29, 0.717) is 18.7 Å². The normalized spacial score (nSPS) is 16.2. The van der Waals surface area contributed by atoms with E-state index in [9.17, 15) is 14.9 Å². The maximum absolute atomic E-state index is 12.7. The van der Waals surface area contributed by atoms with Gasteiger partial charge in [-0.2, -0.15) is 0 Å². The Balaban J connectivity index is 1.42. The van der Waals surface area contributed by atoms with Crippen LogP contribution in [0, 0.1) is 10.1 Å². The van der Waals surface area contributed by atoms with Crippen molar-refractivity contribution in [2.45, 2.75) is 13.0 Å². The van der Waals surface area contributed by atoms with Gasteiger partial charge in [0.15, 0.2) is 0 Å². The molecule has 7 nitrogen and oxygen atoms in total. The second-order valence-corrected chi connectivity index (χ2v) is 7.89. The predicted molar refractivity (Wildman–Crippen MR) is 109 cm³/mol. The van der Waals surface area contributed by atoms with E-state index in [2.05, 4.69) is 17.9 Å². The number of thiazole rings is 1.